The molecule has 4 atom stereocenters. The summed E-state index contributed by atoms with van der Waals surface area (Å²) in [6, 6.07) is 22.6. The predicted octanol–water partition coefficient (Wildman–Crippen LogP) is 5.89. The molecular weight excluding hydrogens is 484 g/mol. The molecule has 2 amide bonds. The first kappa shape index (κ1) is 36.0. The van der Waals surface area contributed by atoms with Crippen LogP contribution in [-0.2, 0) is 16.1 Å². The summed E-state index contributed by atoms with van der Waals surface area (Å²) in [7, 11) is 5.76. The number of hydrogen-bond donors (Lipinski definition) is 2. The lowest BCUT2D eigenvalue weighted by Crippen LogP contribution is -2.43. The fraction of sp³-hybridized carbons (Fsp3) is 0.515. The van der Waals surface area contributed by atoms with Gasteiger partial charge in [-0.05, 0) is 58.3 Å². The van der Waals surface area contributed by atoms with E-state index in [4.69, 9.17) is 5.73 Å². The van der Waals surface area contributed by atoms with Crippen LogP contribution in [0.25, 0.3) is 0 Å². The van der Waals surface area contributed by atoms with Crippen LogP contribution in [0.5, 0.6) is 0 Å². The van der Waals surface area contributed by atoms with Crippen LogP contribution in [0.4, 0.5) is 0 Å². The maximum absolute atomic E-state index is 12.1. The number of nitrogens with two attached hydrogens (primary N) is 1. The van der Waals surface area contributed by atoms with Gasteiger partial charge in [-0.1, -0.05) is 107 Å². The fourth-order valence-corrected chi connectivity index (χ4v) is 4.10. The van der Waals surface area contributed by atoms with Crippen LogP contribution in [0.15, 0.2) is 79.4 Å². The molecule has 2 aromatic rings. The minimum absolute atomic E-state index is 0.0543. The lowest BCUT2D eigenvalue weighted by atomic mass is 10.1. The topological polar surface area (TPSA) is 78.7 Å². The Morgan fingerprint density at radius 2 is 1.51 bits per heavy atom. The Morgan fingerprint density at radius 1 is 1.00 bits per heavy atom. The number of primary amides is 1. The second-order valence-electron chi connectivity index (χ2n) is 10.1. The van der Waals surface area contributed by atoms with Crippen molar-refractivity contribution in [2.45, 2.75) is 84.5 Å². The summed E-state index contributed by atoms with van der Waals surface area (Å²) in [6.07, 6.45) is 7.21. The van der Waals surface area contributed by atoms with E-state index in [2.05, 4.69) is 44.6 Å². The molecule has 1 heterocycles. The van der Waals surface area contributed by atoms with E-state index >= 15 is 0 Å². The van der Waals surface area contributed by atoms with Gasteiger partial charge in [0.15, 0.2) is 0 Å². The predicted molar refractivity (Wildman–Crippen MR) is 166 cm³/mol. The summed E-state index contributed by atoms with van der Waals surface area (Å²) in [5.74, 6) is 0.616. The Kier molecular flexibility index (Phi) is 20.3. The van der Waals surface area contributed by atoms with E-state index < -0.39 is 0 Å². The minimum atomic E-state index is -0.248. The first-order valence-corrected chi connectivity index (χ1v) is 14.2. The van der Waals surface area contributed by atoms with E-state index in [0.29, 0.717) is 18.5 Å². The van der Waals surface area contributed by atoms with Crippen LogP contribution in [0.3, 0.4) is 0 Å². The number of nitrogens with zero attached hydrogens (tertiary/aromatic N) is 2. The summed E-state index contributed by atoms with van der Waals surface area (Å²) >= 11 is 0. The van der Waals surface area contributed by atoms with Gasteiger partial charge in [0.25, 0.3) is 0 Å². The van der Waals surface area contributed by atoms with Gasteiger partial charge in [0.05, 0.1) is 12.1 Å². The molecule has 1 fully saturated rings. The van der Waals surface area contributed by atoms with Crippen molar-refractivity contribution in [2.75, 3.05) is 21.1 Å². The number of likely N-dealkylation sites (tertiary alicyclic amines) is 1. The van der Waals surface area contributed by atoms with Crippen LogP contribution in [0.2, 0.25) is 0 Å². The third-order valence-corrected chi connectivity index (χ3v) is 6.98. The quantitative estimate of drug-likeness (QED) is 0.390. The molecule has 6 heteroatoms. The highest BCUT2D eigenvalue weighted by Crippen LogP contribution is 2.24. The van der Waals surface area contributed by atoms with Crippen LogP contribution >= 0.6 is 0 Å². The van der Waals surface area contributed by atoms with Gasteiger partial charge in [-0.25, -0.2) is 0 Å². The van der Waals surface area contributed by atoms with Gasteiger partial charge < -0.3 is 11.1 Å². The average molecular weight is 539 g/mol. The molecule has 218 valence electrons. The van der Waals surface area contributed by atoms with Gasteiger partial charge in [-0.3, -0.25) is 19.4 Å². The molecule has 3 rings (SSSR count). The molecule has 1 unspecified atom stereocenters. The Balaban J connectivity index is 0.000000572. The molecular formula is C33H54N4O2. The van der Waals surface area contributed by atoms with Gasteiger partial charge in [-0.15, -0.1) is 6.58 Å². The van der Waals surface area contributed by atoms with Crippen LogP contribution in [0.1, 0.15) is 65.4 Å². The van der Waals surface area contributed by atoms with Crippen molar-refractivity contribution in [3.63, 3.8) is 0 Å². The van der Waals surface area contributed by atoms with E-state index in [-0.39, 0.29) is 23.9 Å². The zero-order valence-electron chi connectivity index (χ0n) is 25.5. The highest BCUT2D eigenvalue weighted by molar-refractivity contribution is 5.82. The van der Waals surface area contributed by atoms with Gasteiger partial charge in [0, 0.05) is 12.6 Å². The van der Waals surface area contributed by atoms with Crippen molar-refractivity contribution in [1.29, 1.82) is 0 Å². The van der Waals surface area contributed by atoms with E-state index in [0.717, 1.165) is 31.2 Å². The highest BCUT2D eigenvalue weighted by atomic mass is 16.2. The smallest absolute Gasteiger partial charge is 0.237 e. The standard InChI is InChI=1S/C15H22N2O.C6H14N2O.C6H6.C6H12/c1-3-13-9-10-14(17(13)2)15(18)16-11-12-7-5-4-6-8-12;1-4-5(6(7)9)8(2)3;1-2-4-6-5-3-1;1-4-6(3)5-2/h4-8,13-14H,3,9-11H2,1-2H3,(H,16,18);5H,4H2,1-3H3,(H2,7,9);1-6H;4,6H,1,5H2,2-3H3/t13-,14-;5-;;/m00../s1. The van der Waals surface area contributed by atoms with Crippen molar-refractivity contribution in [3.05, 3.63) is 84.9 Å². The zero-order chi connectivity index (χ0) is 29.6. The van der Waals surface area contributed by atoms with E-state index in [1.807, 2.05) is 98.7 Å². The minimum Gasteiger partial charge on any atom is -0.368 e. The van der Waals surface area contributed by atoms with Crippen LogP contribution < -0.4 is 11.1 Å². The molecule has 3 N–H and O–H groups in total. The number of nitrogens with one attached hydrogen (secondary N) is 1. The summed E-state index contributed by atoms with van der Waals surface area (Å²) in [5.41, 5.74) is 6.22. The van der Waals surface area contributed by atoms with Crippen LogP contribution in [-0.4, -0.2) is 60.9 Å². The Bertz CT molecular complexity index is 862. The van der Waals surface area contributed by atoms with Crippen molar-refractivity contribution in [2.24, 2.45) is 11.7 Å². The maximum Gasteiger partial charge on any atom is 0.237 e. The highest BCUT2D eigenvalue weighted by Gasteiger charge is 2.33. The summed E-state index contributed by atoms with van der Waals surface area (Å²) in [5, 5.41) is 3.04. The Morgan fingerprint density at radius 3 is 1.82 bits per heavy atom. The molecule has 0 radical (unpaired) electrons. The Hall–Kier alpha value is -2.96. The normalized spacial score (nSPS) is 17.6. The number of amides is 2. The number of rotatable bonds is 9. The molecule has 2 aromatic carbocycles. The van der Waals surface area contributed by atoms with Crippen molar-refractivity contribution < 1.29 is 9.59 Å². The lowest BCUT2D eigenvalue weighted by molar-refractivity contribution is -0.125. The van der Waals surface area contributed by atoms with Gasteiger partial charge >= 0.3 is 0 Å². The molecule has 39 heavy (non-hydrogen) atoms. The number of benzene rings is 2. The monoisotopic (exact) mass is 538 g/mol. The maximum atomic E-state index is 12.1. The largest absolute Gasteiger partial charge is 0.368 e. The van der Waals surface area contributed by atoms with Crippen LogP contribution in [0, 0.1) is 5.92 Å². The second-order valence-corrected chi connectivity index (χ2v) is 10.1. The summed E-state index contributed by atoms with van der Waals surface area (Å²) < 4.78 is 0. The fourth-order valence-electron chi connectivity index (χ4n) is 4.10. The first-order chi connectivity index (χ1) is 18.6. The number of likely N-dealkylation sites (N-methyl/N-ethyl adjacent to an activating group) is 2. The molecule has 0 aromatic heterocycles. The van der Waals surface area contributed by atoms with Crippen molar-refractivity contribution >= 4 is 11.8 Å². The molecule has 0 spiro atoms. The molecule has 0 bridgehead atoms. The summed E-state index contributed by atoms with van der Waals surface area (Å²) in [4.78, 5) is 26.7. The molecule has 1 aliphatic rings. The van der Waals surface area contributed by atoms with Crippen molar-refractivity contribution in [1.82, 2.24) is 15.1 Å². The second kappa shape index (κ2) is 21.9. The molecule has 0 aliphatic carbocycles. The third kappa shape index (κ3) is 15.9. The molecule has 6 nitrogen and oxygen atoms in total. The van der Waals surface area contributed by atoms with Gasteiger partial charge in [0.1, 0.15) is 0 Å². The summed E-state index contributed by atoms with van der Waals surface area (Å²) in [6.45, 7) is 12.7. The van der Waals surface area contributed by atoms with E-state index in [1.54, 1.807) is 0 Å². The zero-order valence-corrected chi connectivity index (χ0v) is 25.5. The van der Waals surface area contributed by atoms with E-state index in [9.17, 15) is 9.59 Å². The van der Waals surface area contributed by atoms with Gasteiger partial charge in [-0.2, -0.15) is 0 Å². The molecule has 1 aliphatic heterocycles. The van der Waals surface area contributed by atoms with Gasteiger partial charge in [0.2, 0.25) is 11.8 Å². The first-order valence-electron chi connectivity index (χ1n) is 14.2. The molecule has 1 saturated heterocycles. The lowest BCUT2D eigenvalue weighted by Gasteiger charge is -2.24. The third-order valence-electron chi connectivity index (χ3n) is 6.98. The van der Waals surface area contributed by atoms with E-state index in [1.165, 1.54) is 6.42 Å². The van der Waals surface area contributed by atoms with Crippen molar-refractivity contribution in [3.8, 4) is 0 Å². The number of carbonyl (C=O) groups excluding carboxylic acids is 2. The number of carbonyl (C=O) groups is 2. The number of allylic oxidation sites excluding steroid dienone is 1. The molecule has 0 saturated carbocycles. The average Bonchev–Trinajstić information content (AvgIpc) is 3.34. The SMILES string of the molecule is C=CC(C)CC.CC[C@@H](C(N)=O)N(C)C.CC[C@H]1CC[C@@H](C(=O)NCc2ccccc2)N1C.c1ccccc1. The Labute approximate surface area is 238 Å². The number of hydrogen-bond acceptors (Lipinski definition) is 4.